The Morgan fingerprint density at radius 3 is 3.00 bits per heavy atom. The van der Waals surface area contributed by atoms with Crippen molar-refractivity contribution in [3.63, 3.8) is 0 Å². The average Bonchev–Trinajstić information content (AvgIpc) is 2.80. The molecule has 1 heterocycles. The highest BCUT2D eigenvalue weighted by atomic mass is 16.6. The van der Waals surface area contributed by atoms with Crippen molar-refractivity contribution in [2.45, 2.75) is 25.9 Å². The molecule has 0 radical (unpaired) electrons. The highest BCUT2D eigenvalue weighted by Crippen LogP contribution is 2.15. The van der Waals surface area contributed by atoms with Crippen LogP contribution in [-0.4, -0.2) is 25.9 Å². The lowest BCUT2D eigenvalue weighted by atomic mass is 10.2. The van der Waals surface area contributed by atoms with Gasteiger partial charge < -0.3 is 9.47 Å². The molecule has 2 heteroatoms. The monoisotopic (exact) mass is 156 g/mol. The van der Waals surface area contributed by atoms with Crippen LogP contribution in [0.3, 0.4) is 0 Å². The number of epoxide rings is 1. The second-order valence-electron chi connectivity index (χ2n) is 2.66. The fourth-order valence-corrected chi connectivity index (χ4v) is 0.889. The van der Waals surface area contributed by atoms with Gasteiger partial charge in [0.15, 0.2) is 0 Å². The van der Waals surface area contributed by atoms with Gasteiger partial charge in [0.1, 0.15) is 0 Å². The van der Waals surface area contributed by atoms with E-state index in [9.17, 15) is 0 Å². The van der Waals surface area contributed by atoms with Crippen LogP contribution in [0.5, 0.6) is 0 Å². The van der Waals surface area contributed by atoms with Gasteiger partial charge in [0.25, 0.3) is 0 Å². The molecule has 1 saturated heterocycles. The van der Waals surface area contributed by atoms with Crippen LogP contribution in [0.1, 0.15) is 19.8 Å². The summed E-state index contributed by atoms with van der Waals surface area (Å²) in [6, 6.07) is 0. The Balaban J connectivity index is 1.80. The Bertz CT molecular complexity index is 117. The van der Waals surface area contributed by atoms with E-state index < -0.39 is 0 Å². The van der Waals surface area contributed by atoms with Gasteiger partial charge in [-0.1, -0.05) is 12.2 Å². The standard InChI is InChI=1S/C9H16O2/c1-2-10-7-5-3-4-6-9-8-11-9/h3,5,9H,2,4,6-8H2,1H3. The number of rotatable bonds is 6. The van der Waals surface area contributed by atoms with Gasteiger partial charge in [-0.25, -0.2) is 0 Å². The van der Waals surface area contributed by atoms with Crippen LogP contribution >= 0.6 is 0 Å². The number of hydrogen-bond donors (Lipinski definition) is 0. The molecule has 1 fully saturated rings. The Kier molecular flexibility index (Phi) is 4.24. The Hall–Kier alpha value is -0.340. The molecule has 2 nitrogen and oxygen atoms in total. The normalized spacial score (nSPS) is 22.8. The van der Waals surface area contributed by atoms with Gasteiger partial charge in [0.2, 0.25) is 0 Å². The van der Waals surface area contributed by atoms with Crippen LogP contribution in [0.25, 0.3) is 0 Å². The first-order chi connectivity index (χ1) is 5.43. The predicted octanol–water partition coefficient (Wildman–Crippen LogP) is 1.76. The molecule has 1 rings (SSSR count). The van der Waals surface area contributed by atoms with Crippen molar-refractivity contribution in [1.82, 2.24) is 0 Å². The molecular formula is C9H16O2. The van der Waals surface area contributed by atoms with E-state index in [1.54, 1.807) is 0 Å². The Morgan fingerprint density at radius 1 is 1.55 bits per heavy atom. The molecule has 0 bridgehead atoms. The molecule has 64 valence electrons. The maximum absolute atomic E-state index is 5.14. The third-order valence-electron chi connectivity index (χ3n) is 1.64. The second kappa shape index (κ2) is 5.33. The molecule has 0 amide bonds. The van der Waals surface area contributed by atoms with Crippen LogP contribution in [0, 0.1) is 0 Å². The average molecular weight is 156 g/mol. The lowest BCUT2D eigenvalue weighted by molar-refractivity contribution is 0.177. The Labute approximate surface area is 68.2 Å². The predicted molar refractivity (Wildman–Crippen MR) is 44.6 cm³/mol. The van der Waals surface area contributed by atoms with Crippen molar-refractivity contribution >= 4 is 0 Å². The van der Waals surface area contributed by atoms with E-state index >= 15 is 0 Å². The summed E-state index contributed by atoms with van der Waals surface area (Å²) >= 11 is 0. The summed E-state index contributed by atoms with van der Waals surface area (Å²) in [6.45, 7) is 4.53. The van der Waals surface area contributed by atoms with E-state index in [4.69, 9.17) is 9.47 Å². The molecule has 1 aliphatic heterocycles. The molecule has 0 spiro atoms. The minimum atomic E-state index is 0.562. The molecule has 0 aromatic rings. The molecule has 0 aliphatic carbocycles. The molecule has 1 unspecified atom stereocenters. The van der Waals surface area contributed by atoms with Crippen molar-refractivity contribution in [2.75, 3.05) is 19.8 Å². The molecule has 0 aromatic carbocycles. The number of allylic oxidation sites excluding steroid dienone is 1. The summed E-state index contributed by atoms with van der Waals surface area (Å²) in [5, 5.41) is 0. The third-order valence-corrected chi connectivity index (χ3v) is 1.64. The molecule has 1 atom stereocenters. The highest BCUT2D eigenvalue weighted by molar-refractivity contribution is 4.84. The fraction of sp³-hybridized carbons (Fsp3) is 0.778. The fourth-order valence-electron chi connectivity index (χ4n) is 0.889. The van der Waals surface area contributed by atoms with E-state index in [2.05, 4.69) is 12.2 Å². The second-order valence-corrected chi connectivity index (χ2v) is 2.66. The summed E-state index contributed by atoms with van der Waals surface area (Å²) in [4.78, 5) is 0. The van der Waals surface area contributed by atoms with Gasteiger partial charge >= 0.3 is 0 Å². The number of ether oxygens (including phenoxy) is 2. The van der Waals surface area contributed by atoms with E-state index in [0.717, 1.165) is 26.2 Å². The van der Waals surface area contributed by atoms with Gasteiger partial charge in [-0.15, -0.1) is 0 Å². The SMILES string of the molecule is CCOCC=CCCC1CO1. The van der Waals surface area contributed by atoms with Crippen molar-refractivity contribution in [1.29, 1.82) is 0 Å². The van der Waals surface area contributed by atoms with Gasteiger partial charge in [-0.2, -0.15) is 0 Å². The van der Waals surface area contributed by atoms with Crippen molar-refractivity contribution in [3.05, 3.63) is 12.2 Å². The van der Waals surface area contributed by atoms with Crippen molar-refractivity contribution < 1.29 is 9.47 Å². The first-order valence-electron chi connectivity index (χ1n) is 4.28. The van der Waals surface area contributed by atoms with Crippen molar-refractivity contribution in [3.8, 4) is 0 Å². The maximum Gasteiger partial charge on any atom is 0.0812 e. The van der Waals surface area contributed by atoms with Gasteiger partial charge in [-0.3, -0.25) is 0 Å². The van der Waals surface area contributed by atoms with Gasteiger partial charge in [-0.05, 0) is 19.8 Å². The summed E-state index contributed by atoms with van der Waals surface area (Å²) in [5.41, 5.74) is 0. The van der Waals surface area contributed by atoms with Crippen LogP contribution in [0.15, 0.2) is 12.2 Å². The lowest BCUT2D eigenvalue weighted by Crippen LogP contribution is -1.88. The lowest BCUT2D eigenvalue weighted by Gasteiger charge is -1.92. The van der Waals surface area contributed by atoms with Gasteiger partial charge in [0, 0.05) is 6.61 Å². The third kappa shape index (κ3) is 4.99. The van der Waals surface area contributed by atoms with E-state index in [-0.39, 0.29) is 0 Å². The molecule has 0 aromatic heterocycles. The van der Waals surface area contributed by atoms with Crippen LogP contribution in [0.4, 0.5) is 0 Å². The molecule has 11 heavy (non-hydrogen) atoms. The summed E-state index contributed by atoms with van der Waals surface area (Å²) in [5.74, 6) is 0. The van der Waals surface area contributed by atoms with E-state index in [0.29, 0.717) is 6.10 Å². The number of hydrogen-bond acceptors (Lipinski definition) is 2. The topological polar surface area (TPSA) is 21.8 Å². The van der Waals surface area contributed by atoms with E-state index in [1.807, 2.05) is 6.92 Å². The quantitative estimate of drug-likeness (QED) is 0.332. The Morgan fingerprint density at radius 2 is 2.36 bits per heavy atom. The van der Waals surface area contributed by atoms with E-state index in [1.165, 1.54) is 6.42 Å². The molecular weight excluding hydrogens is 140 g/mol. The summed E-state index contributed by atoms with van der Waals surface area (Å²) in [6.07, 6.45) is 7.09. The van der Waals surface area contributed by atoms with Crippen LogP contribution in [0.2, 0.25) is 0 Å². The minimum Gasteiger partial charge on any atom is -0.378 e. The van der Waals surface area contributed by atoms with Crippen LogP contribution < -0.4 is 0 Å². The zero-order valence-corrected chi connectivity index (χ0v) is 7.08. The highest BCUT2D eigenvalue weighted by Gasteiger charge is 2.20. The van der Waals surface area contributed by atoms with Gasteiger partial charge in [0.05, 0.1) is 19.3 Å². The first kappa shape index (κ1) is 8.75. The summed E-state index contributed by atoms with van der Waals surface area (Å²) < 4.78 is 10.2. The zero-order chi connectivity index (χ0) is 7.94. The minimum absolute atomic E-state index is 0.562. The van der Waals surface area contributed by atoms with Crippen molar-refractivity contribution in [2.24, 2.45) is 0 Å². The summed E-state index contributed by atoms with van der Waals surface area (Å²) in [7, 11) is 0. The molecule has 0 N–H and O–H groups in total. The zero-order valence-electron chi connectivity index (χ0n) is 7.08. The molecule has 1 aliphatic rings. The smallest absolute Gasteiger partial charge is 0.0812 e. The first-order valence-corrected chi connectivity index (χ1v) is 4.28. The molecule has 0 saturated carbocycles. The van der Waals surface area contributed by atoms with Crippen LogP contribution in [-0.2, 0) is 9.47 Å². The maximum atomic E-state index is 5.14. The largest absolute Gasteiger partial charge is 0.378 e.